The molecule has 0 saturated carbocycles. The third-order valence-corrected chi connectivity index (χ3v) is 4.27. The molecule has 2 fully saturated rings. The summed E-state index contributed by atoms with van der Waals surface area (Å²) in [5, 5.41) is 0. The third-order valence-electron chi connectivity index (χ3n) is 4.27. The Balaban J connectivity index is 1.81. The lowest BCUT2D eigenvalue weighted by Gasteiger charge is -2.32. The van der Waals surface area contributed by atoms with Crippen LogP contribution in [-0.4, -0.2) is 51.3 Å². The second-order valence-corrected chi connectivity index (χ2v) is 5.75. The first-order chi connectivity index (χ1) is 11.2. The number of hydrogen-bond acceptors (Lipinski definition) is 5. The van der Waals surface area contributed by atoms with Gasteiger partial charge in [-0.2, -0.15) is 0 Å². The molecule has 6 nitrogen and oxygen atoms in total. The van der Waals surface area contributed by atoms with Crippen molar-refractivity contribution in [2.24, 2.45) is 5.92 Å². The molecule has 0 aliphatic carbocycles. The fourth-order valence-electron chi connectivity index (χ4n) is 3.12. The van der Waals surface area contributed by atoms with Crippen molar-refractivity contribution in [1.82, 2.24) is 0 Å². The molecule has 0 spiro atoms. The van der Waals surface area contributed by atoms with Crippen LogP contribution in [0.25, 0.3) is 0 Å². The lowest BCUT2D eigenvalue weighted by molar-refractivity contribution is -0.147. The average Bonchev–Trinajstić information content (AvgIpc) is 2.98. The van der Waals surface area contributed by atoms with Crippen molar-refractivity contribution >= 4 is 23.3 Å². The number of morpholine rings is 1. The zero-order valence-corrected chi connectivity index (χ0v) is 13.4. The molecule has 1 amide bonds. The Labute approximate surface area is 136 Å². The van der Waals surface area contributed by atoms with Crippen molar-refractivity contribution in [2.45, 2.75) is 13.3 Å². The van der Waals surface area contributed by atoms with Crippen molar-refractivity contribution in [2.75, 3.05) is 49.3 Å². The van der Waals surface area contributed by atoms with E-state index in [-0.39, 0.29) is 24.2 Å². The van der Waals surface area contributed by atoms with E-state index >= 15 is 0 Å². The summed E-state index contributed by atoms with van der Waals surface area (Å²) in [6.07, 6.45) is 0.219. The van der Waals surface area contributed by atoms with Crippen molar-refractivity contribution in [1.29, 1.82) is 0 Å². The molecule has 2 aliphatic heterocycles. The molecule has 23 heavy (non-hydrogen) atoms. The van der Waals surface area contributed by atoms with Gasteiger partial charge in [0.1, 0.15) is 0 Å². The summed E-state index contributed by atoms with van der Waals surface area (Å²) in [7, 11) is 0. The van der Waals surface area contributed by atoms with E-state index in [1.807, 2.05) is 24.3 Å². The average molecular weight is 318 g/mol. The first-order valence-corrected chi connectivity index (χ1v) is 8.09. The Morgan fingerprint density at radius 3 is 2.65 bits per heavy atom. The number of benzene rings is 1. The van der Waals surface area contributed by atoms with Gasteiger partial charge in [-0.1, -0.05) is 12.1 Å². The van der Waals surface area contributed by atoms with Crippen molar-refractivity contribution in [3.63, 3.8) is 0 Å². The Hall–Kier alpha value is -2.08. The Bertz CT molecular complexity index is 584. The van der Waals surface area contributed by atoms with E-state index in [1.165, 1.54) is 0 Å². The highest BCUT2D eigenvalue weighted by molar-refractivity contribution is 6.01. The van der Waals surface area contributed by atoms with Crippen LogP contribution in [0.3, 0.4) is 0 Å². The van der Waals surface area contributed by atoms with Crippen LogP contribution in [-0.2, 0) is 19.1 Å². The highest BCUT2D eigenvalue weighted by Gasteiger charge is 2.37. The summed E-state index contributed by atoms with van der Waals surface area (Å²) < 4.78 is 10.5. The fraction of sp³-hybridized carbons (Fsp3) is 0.529. The number of rotatable bonds is 4. The number of amides is 1. The van der Waals surface area contributed by atoms with Crippen LogP contribution in [0.5, 0.6) is 0 Å². The second-order valence-electron chi connectivity index (χ2n) is 5.75. The van der Waals surface area contributed by atoms with E-state index in [9.17, 15) is 9.59 Å². The number of carbonyl (C=O) groups is 2. The first-order valence-electron chi connectivity index (χ1n) is 8.09. The number of nitrogens with zero attached hydrogens (tertiary/aromatic N) is 2. The van der Waals surface area contributed by atoms with Gasteiger partial charge in [-0.05, 0) is 19.1 Å². The fourth-order valence-corrected chi connectivity index (χ4v) is 3.12. The lowest BCUT2D eigenvalue weighted by atomic mass is 10.1. The van der Waals surface area contributed by atoms with Gasteiger partial charge in [0, 0.05) is 26.1 Å². The maximum Gasteiger partial charge on any atom is 0.311 e. The van der Waals surface area contributed by atoms with Crippen molar-refractivity contribution < 1.29 is 19.1 Å². The molecule has 124 valence electrons. The molecular weight excluding hydrogens is 296 g/mol. The quantitative estimate of drug-likeness (QED) is 0.786. The highest BCUT2D eigenvalue weighted by Crippen LogP contribution is 2.34. The van der Waals surface area contributed by atoms with Crippen molar-refractivity contribution in [3.05, 3.63) is 24.3 Å². The zero-order chi connectivity index (χ0) is 16.2. The van der Waals surface area contributed by atoms with E-state index < -0.39 is 0 Å². The molecule has 1 atom stereocenters. The SMILES string of the molecule is CCOC(=O)[C@@H]1CC(=O)N(c2ccccc2N2CCOCC2)C1. The molecule has 0 radical (unpaired) electrons. The normalized spacial score (nSPS) is 21.6. The van der Waals surface area contributed by atoms with Gasteiger partial charge in [-0.3, -0.25) is 9.59 Å². The maximum absolute atomic E-state index is 12.4. The highest BCUT2D eigenvalue weighted by atomic mass is 16.5. The van der Waals surface area contributed by atoms with E-state index in [1.54, 1.807) is 11.8 Å². The second kappa shape index (κ2) is 7.00. The largest absolute Gasteiger partial charge is 0.466 e. The van der Waals surface area contributed by atoms with Gasteiger partial charge in [0.2, 0.25) is 5.91 Å². The van der Waals surface area contributed by atoms with Crippen LogP contribution >= 0.6 is 0 Å². The topological polar surface area (TPSA) is 59.1 Å². The molecule has 0 N–H and O–H groups in total. The molecule has 0 bridgehead atoms. The van der Waals surface area contributed by atoms with Crippen LogP contribution in [0.15, 0.2) is 24.3 Å². The molecule has 1 aromatic carbocycles. The first kappa shape index (κ1) is 15.8. The maximum atomic E-state index is 12.4. The van der Waals surface area contributed by atoms with Crippen LogP contribution in [0.4, 0.5) is 11.4 Å². The zero-order valence-electron chi connectivity index (χ0n) is 13.4. The van der Waals surface area contributed by atoms with Gasteiger partial charge in [0.15, 0.2) is 0 Å². The number of carbonyl (C=O) groups excluding carboxylic acids is 2. The number of anilines is 2. The van der Waals surface area contributed by atoms with Crippen LogP contribution in [0.1, 0.15) is 13.3 Å². The van der Waals surface area contributed by atoms with Gasteiger partial charge in [-0.15, -0.1) is 0 Å². The number of hydrogen-bond donors (Lipinski definition) is 0. The Morgan fingerprint density at radius 2 is 1.96 bits per heavy atom. The molecule has 3 rings (SSSR count). The lowest BCUT2D eigenvalue weighted by Crippen LogP contribution is -2.38. The summed E-state index contributed by atoms with van der Waals surface area (Å²) in [5.41, 5.74) is 1.89. The predicted octanol–water partition coefficient (Wildman–Crippen LogP) is 1.44. The molecule has 1 aromatic rings. The minimum absolute atomic E-state index is 0.0243. The Kier molecular flexibility index (Phi) is 4.81. The summed E-state index contributed by atoms with van der Waals surface area (Å²) in [6.45, 7) is 5.50. The van der Waals surface area contributed by atoms with Crippen molar-refractivity contribution in [3.8, 4) is 0 Å². The molecule has 2 saturated heterocycles. The number of esters is 1. The van der Waals surface area contributed by atoms with Gasteiger partial charge in [0.25, 0.3) is 0 Å². The summed E-state index contributed by atoms with van der Waals surface area (Å²) in [4.78, 5) is 28.3. The van der Waals surface area contributed by atoms with Crippen LogP contribution in [0, 0.1) is 5.92 Å². The van der Waals surface area contributed by atoms with E-state index in [0.717, 1.165) is 24.5 Å². The van der Waals surface area contributed by atoms with Gasteiger partial charge in [-0.25, -0.2) is 0 Å². The summed E-state index contributed by atoms with van der Waals surface area (Å²) >= 11 is 0. The molecular formula is C17H22N2O4. The third kappa shape index (κ3) is 3.32. The number of ether oxygens (including phenoxy) is 2. The van der Waals surface area contributed by atoms with Gasteiger partial charge >= 0.3 is 5.97 Å². The van der Waals surface area contributed by atoms with E-state index in [0.29, 0.717) is 26.4 Å². The smallest absolute Gasteiger partial charge is 0.311 e. The van der Waals surface area contributed by atoms with Crippen LogP contribution in [0.2, 0.25) is 0 Å². The Morgan fingerprint density at radius 1 is 1.26 bits per heavy atom. The van der Waals surface area contributed by atoms with Gasteiger partial charge in [0.05, 0.1) is 37.1 Å². The van der Waals surface area contributed by atoms with E-state index in [4.69, 9.17) is 9.47 Å². The minimum atomic E-state index is -0.375. The molecule has 0 aromatic heterocycles. The van der Waals surface area contributed by atoms with E-state index in [2.05, 4.69) is 4.90 Å². The minimum Gasteiger partial charge on any atom is -0.466 e. The van der Waals surface area contributed by atoms with Gasteiger partial charge < -0.3 is 19.3 Å². The molecule has 2 aliphatic rings. The summed E-state index contributed by atoms with van der Waals surface area (Å²) in [5.74, 6) is -0.684. The van der Waals surface area contributed by atoms with Crippen LogP contribution < -0.4 is 9.80 Å². The molecule has 6 heteroatoms. The number of para-hydroxylation sites is 2. The summed E-state index contributed by atoms with van der Waals surface area (Å²) in [6, 6.07) is 7.85. The predicted molar refractivity (Wildman–Crippen MR) is 86.6 cm³/mol. The molecule has 0 unspecified atom stereocenters. The monoisotopic (exact) mass is 318 g/mol. The standard InChI is InChI=1S/C17H22N2O4/c1-2-23-17(21)13-11-16(20)19(12-13)15-6-4-3-5-14(15)18-7-9-22-10-8-18/h3-6,13H,2,7-12H2,1H3/t13-/m1/s1. The molecule has 2 heterocycles.